The van der Waals surface area contributed by atoms with Crippen LogP contribution in [-0.4, -0.2) is 18.2 Å². The summed E-state index contributed by atoms with van der Waals surface area (Å²) >= 11 is 0. The molecule has 0 rings (SSSR count). The first-order valence-electron chi connectivity index (χ1n) is 2.30. The van der Waals surface area contributed by atoms with Gasteiger partial charge in [0.05, 0.1) is 0 Å². The lowest BCUT2D eigenvalue weighted by molar-refractivity contribution is -0.299. The Balaban J connectivity index is 3.78. The Morgan fingerprint density at radius 3 is 2.40 bits per heavy atom. The Hall–Kier alpha value is -1.65. The van der Waals surface area contributed by atoms with Crippen molar-refractivity contribution in [3.63, 3.8) is 0 Å². The molecule has 0 aromatic rings. The smallest absolute Gasteiger partial charge is 0.211 e. The maximum atomic E-state index is 10.1. The van der Waals surface area contributed by atoms with Crippen molar-refractivity contribution in [3.05, 3.63) is 12.3 Å². The zero-order chi connectivity index (χ0) is 7.98. The van der Waals surface area contributed by atoms with Crippen LogP contribution in [0.1, 0.15) is 0 Å². The molecule has 0 unspecified atom stereocenters. The molecule has 1 amide bonds. The lowest BCUT2D eigenvalue weighted by Crippen LogP contribution is -2.30. The average molecular weight is 142 g/mol. The van der Waals surface area contributed by atoms with Crippen molar-refractivity contribution in [2.24, 2.45) is 0 Å². The van der Waals surface area contributed by atoms with Crippen LogP contribution in [-0.2, 0) is 14.4 Å². The third-order valence-electron chi connectivity index (χ3n) is 0.600. The van der Waals surface area contributed by atoms with E-state index in [1.807, 2.05) is 5.32 Å². The highest BCUT2D eigenvalue weighted by molar-refractivity contribution is 6.36. The van der Waals surface area contributed by atoms with Crippen LogP contribution in [0.4, 0.5) is 0 Å². The van der Waals surface area contributed by atoms with Crippen molar-refractivity contribution < 1.29 is 19.5 Å². The zero-order valence-electron chi connectivity index (χ0n) is 4.87. The molecule has 1 N–H and O–H groups in total. The molecular weight excluding hydrogens is 138 g/mol. The van der Waals surface area contributed by atoms with Gasteiger partial charge in [0.15, 0.2) is 0 Å². The molecule has 0 aliphatic heterocycles. The third kappa shape index (κ3) is 3.36. The van der Waals surface area contributed by atoms with E-state index in [2.05, 4.69) is 0 Å². The van der Waals surface area contributed by atoms with Crippen LogP contribution in [0.3, 0.4) is 0 Å². The molecule has 5 nitrogen and oxygen atoms in total. The quantitative estimate of drug-likeness (QED) is 0.268. The maximum Gasteiger partial charge on any atom is 0.211 e. The topological polar surface area (TPSA) is 86.3 Å². The summed E-state index contributed by atoms with van der Waals surface area (Å²) in [4.78, 5) is 29.3. The van der Waals surface area contributed by atoms with Gasteiger partial charge in [-0.15, -0.1) is 0 Å². The van der Waals surface area contributed by atoms with E-state index in [9.17, 15) is 19.5 Å². The molecule has 0 aliphatic rings. The Bertz CT molecular complexity index is 184. The summed E-state index contributed by atoms with van der Waals surface area (Å²) in [6.45, 7) is 0. The highest BCUT2D eigenvalue weighted by atomic mass is 16.4. The summed E-state index contributed by atoms with van der Waals surface area (Å²) in [5.41, 5.74) is 0. The zero-order valence-corrected chi connectivity index (χ0v) is 4.87. The Labute approximate surface area is 56.3 Å². The van der Waals surface area contributed by atoms with Gasteiger partial charge in [0.25, 0.3) is 0 Å². The van der Waals surface area contributed by atoms with Gasteiger partial charge in [0.1, 0.15) is 5.97 Å². The summed E-state index contributed by atoms with van der Waals surface area (Å²) in [5, 5.41) is 11.6. The minimum atomic E-state index is -1.80. The normalized spacial score (nSPS) is 9.20. The van der Waals surface area contributed by atoms with Gasteiger partial charge < -0.3 is 15.2 Å². The second-order valence-electron chi connectivity index (χ2n) is 1.27. The Morgan fingerprint density at radius 2 is 2.00 bits per heavy atom. The molecule has 0 fully saturated rings. The van der Waals surface area contributed by atoms with Gasteiger partial charge in [0, 0.05) is 12.3 Å². The molecule has 0 heterocycles. The number of carboxylic acids is 1. The number of hydrogen-bond acceptors (Lipinski definition) is 4. The van der Waals surface area contributed by atoms with E-state index >= 15 is 0 Å². The van der Waals surface area contributed by atoms with E-state index in [0.717, 1.165) is 6.20 Å². The molecule has 10 heavy (non-hydrogen) atoms. The number of aliphatic carboxylic acids is 1. The molecule has 0 aromatic carbocycles. The van der Waals surface area contributed by atoms with Gasteiger partial charge in [-0.25, -0.2) is 0 Å². The molecule has 0 saturated carbocycles. The molecule has 0 bridgehead atoms. The van der Waals surface area contributed by atoms with Crippen molar-refractivity contribution >= 4 is 18.2 Å². The van der Waals surface area contributed by atoms with Crippen molar-refractivity contribution in [1.82, 2.24) is 5.32 Å². The first-order chi connectivity index (χ1) is 4.68. The van der Waals surface area contributed by atoms with Crippen LogP contribution in [0.15, 0.2) is 12.3 Å². The number of carbonyl (C=O) groups excluding carboxylic acids is 3. The first kappa shape index (κ1) is 8.35. The van der Waals surface area contributed by atoms with Gasteiger partial charge >= 0.3 is 0 Å². The Kier molecular flexibility index (Phi) is 3.55. The van der Waals surface area contributed by atoms with E-state index < -0.39 is 11.8 Å². The fourth-order valence-electron chi connectivity index (χ4n) is 0.231. The number of amides is 1. The van der Waals surface area contributed by atoms with E-state index in [0.29, 0.717) is 12.5 Å². The number of hydrogen-bond donors (Lipinski definition) is 1. The molecule has 0 saturated heterocycles. The van der Waals surface area contributed by atoms with Crippen LogP contribution in [0, 0.1) is 0 Å². The predicted molar refractivity (Wildman–Crippen MR) is 28.4 cm³/mol. The van der Waals surface area contributed by atoms with E-state index in [-0.39, 0.29) is 0 Å². The molecule has 0 radical (unpaired) electrons. The molecule has 0 aliphatic carbocycles. The summed E-state index contributed by atoms with van der Waals surface area (Å²) in [6.07, 6.45) is 1.90. The lowest BCUT2D eigenvalue weighted by atomic mass is 10.4. The van der Waals surface area contributed by atoms with Crippen molar-refractivity contribution in [2.45, 2.75) is 0 Å². The van der Waals surface area contributed by atoms with Gasteiger partial charge in [-0.05, 0) is 0 Å². The maximum absolute atomic E-state index is 10.1. The van der Waals surface area contributed by atoms with Crippen LogP contribution >= 0.6 is 0 Å². The standard InChI is InChI=1S/C5H5NO4/c7-3-6-2-1-4(8)5(9)10/h1-3H,(H,6,7)(H,9,10)/p-1. The van der Waals surface area contributed by atoms with Gasteiger partial charge in [-0.1, -0.05) is 0 Å². The van der Waals surface area contributed by atoms with Crippen molar-refractivity contribution in [3.8, 4) is 0 Å². The van der Waals surface area contributed by atoms with E-state index in [1.165, 1.54) is 0 Å². The second-order valence-corrected chi connectivity index (χ2v) is 1.27. The second kappa shape index (κ2) is 4.25. The lowest BCUT2D eigenvalue weighted by Gasteiger charge is -1.91. The molecule has 0 atom stereocenters. The third-order valence-corrected chi connectivity index (χ3v) is 0.600. The van der Waals surface area contributed by atoms with Crippen LogP contribution in [0.2, 0.25) is 0 Å². The average Bonchev–Trinajstić information content (AvgIpc) is 1.88. The summed E-state index contributed by atoms with van der Waals surface area (Å²) in [5.74, 6) is -2.99. The number of ketones is 1. The molecular formula is C5H4NO4-. The summed E-state index contributed by atoms with van der Waals surface area (Å²) < 4.78 is 0. The minimum absolute atomic E-state index is 0.305. The number of rotatable bonds is 4. The van der Waals surface area contributed by atoms with Crippen LogP contribution < -0.4 is 10.4 Å². The highest BCUT2D eigenvalue weighted by Gasteiger charge is 1.92. The van der Waals surface area contributed by atoms with Crippen LogP contribution in [0.5, 0.6) is 0 Å². The number of carbonyl (C=O) groups is 3. The summed E-state index contributed by atoms with van der Waals surface area (Å²) in [6, 6.07) is 0. The number of nitrogens with one attached hydrogen (secondary N) is 1. The van der Waals surface area contributed by atoms with Gasteiger partial charge in [-0.3, -0.25) is 9.59 Å². The molecule has 0 aromatic heterocycles. The van der Waals surface area contributed by atoms with Gasteiger partial charge in [0.2, 0.25) is 12.2 Å². The fourth-order valence-corrected chi connectivity index (χ4v) is 0.231. The molecule has 0 spiro atoms. The number of carboxylic acid groups (broad SMARTS) is 1. The Morgan fingerprint density at radius 1 is 1.40 bits per heavy atom. The predicted octanol–water partition coefficient (Wildman–Crippen LogP) is -2.43. The fraction of sp³-hybridized carbons (Fsp3) is 0. The van der Waals surface area contributed by atoms with E-state index in [1.54, 1.807) is 0 Å². The first-order valence-corrected chi connectivity index (χ1v) is 2.30. The van der Waals surface area contributed by atoms with Crippen molar-refractivity contribution in [1.29, 1.82) is 0 Å². The molecule has 5 heteroatoms. The van der Waals surface area contributed by atoms with Crippen molar-refractivity contribution in [2.75, 3.05) is 0 Å². The largest absolute Gasteiger partial charge is 0.541 e. The minimum Gasteiger partial charge on any atom is -0.541 e. The highest BCUT2D eigenvalue weighted by Crippen LogP contribution is 1.70. The van der Waals surface area contributed by atoms with E-state index in [4.69, 9.17) is 0 Å². The molecule has 54 valence electrons. The van der Waals surface area contributed by atoms with Gasteiger partial charge in [-0.2, -0.15) is 0 Å². The SMILES string of the molecule is O=CNC=CC(=O)C(=O)[O-]. The van der Waals surface area contributed by atoms with Crippen LogP contribution in [0.25, 0.3) is 0 Å². The monoisotopic (exact) mass is 142 g/mol. The summed E-state index contributed by atoms with van der Waals surface area (Å²) in [7, 11) is 0.